The Labute approximate surface area is 124 Å². The van der Waals surface area contributed by atoms with Gasteiger partial charge in [-0.2, -0.15) is 10.5 Å². The van der Waals surface area contributed by atoms with Gasteiger partial charge in [0, 0.05) is 6.20 Å². The summed E-state index contributed by atoms with van der Waals surface area (Å²) in [6, 6.07) is 5.44. The van der Waals surface area contributed by atoms with Crippen molar-refractivity contribution >= 4 is 27.0 Å². The number of aromatic nitrogens is 4. The molecule has 0 bridgehead atoms. The Morgan fingerprint density at radius 3 is 2.86 bits per heavy atom. The summed E-state index contributed by atoms with van der Waals surface area (Å²) in [6.07, 6.45) is 2.17. The Kier molecular flexibility index (Phi) is 4.33. The number of benzene rings is 1. The van der Waals surface area contributed by atoms with Gasteiger partial charge in [0.15, 0.2) is 0 Å². The molecule has 2 aromatic rings. The lowest BCUT2D eigenvalue weighted by Gasteiger charge is -2.08. The fraction of sp³-hybridized carbons (Fsp3) is 0.0909. The van der Waals surface area contributed by atoms with E-state index in [1.165, 1.54) is 18.3 Å². The molecule has 0 saturated carbocycles. The van der Waals surface area contributed by atoms with Crippen LogP contribution in [0.15, 0.2) is 24.4 Å². The lowest BCUT2D eigenvalue weighted by Crippen LogP contribution is -2.09. The highest BCUT2D eigenvalue weighted by Gasteiger charge is 2.08. The fourth-order valence-corrected chi connectivity index (χ4v) is 2.04. The number of nitrogens with zero attached hydrogens (tertiary/aromatic N) is 4. The van der Waals surface area contributed by atoms with Crippen molar-refractivity contribution in [2.45, 2.75) is 0 Å². The molecular weight excluding hydrogens is 313 g/mol. The number of allylic oxidation sites excluding steroid dienone is 1. The average Bonchev–Trinajstić information content (AvgIpc) is 2.95. The van der Waals surface area contributed by atoms with Gasteiger partial charge in [-0.25, -0.2) is 12.8 Å². The SMILES string of the molecule is CS(=O)(=O)Nc1ccc(F)c(NC=C(C#N)c2nn[nH]n2)c1. The number of halogens is 1. The smallest absolute Gasteiger partial charge is 0.229 e. The molecule has 0 spiro atoms. The van der Waals surface area contributed by atoms with E-state index in [0.29, 0.717) is 0 Å². The number of tetrazole rings is 1. The summed E-state index contributed by atoms with van der Waals surface area (Å²) in [5.41, 5.74) is 0.178. The first kappa shape index (κ1) is 15.4. The second-order valence-electron chi connectivity index (χ2n) is 4.12. The Morgan fingerprint density at radius 1 is 1.50 bits per heavy atom. The van der Waals surface area contributed by atoms with Crippen molar-refractivity contribution in [2.24, 2.45) is 0 Å². The number of anilines is 2. The molecule has 0 aliphatic carbocycles. The van der Waals surface area contributed by atoms with Crippen molar-refractivity contribution in [2.75, 3.05) is 16.3 Å². The van der Waals surface area contributed by atoms with E-state index in [1.54, 1.807) is 0 Å². The lowest BCUT2D eigenvalue weighted by atomic mass is 10.2. The zero-order valence-electron chi connectivity index (χ0n) is 11.2. The van der Waals surface area contributed by atoms with Gasteiger partial charge in [-0.15, -0.1) is 10.2 Å². The van der Waals surface area contributed by atoms with Crippen LogP contribution in [0.5, 0.6) is 0 Å². The minimum absolute atomic E-state index is 0.0228. The van der Waals surface area contributed by atoms with E-state index in [2.05, 4.69) is 30.7 Å². The third-order valence-electron chi connectivity index (χ3n) is 2.35. The molecule has 9 nitrogen and oxygen atoms in total. The lowest BCUT2D eigenvalue weighted by molar-refractivity contribution is 0.606. The van der Waals surface area contributed by atoms with Gasteiger partial charge in [-0.1, -0.05) is 0 Å². The molecule has 2 rings (SSSR count). The highest BCUT2D eigenvalue weighted by molar-refractivity contribution is 7.92. The average molecular weight is 323 g/mol. The molecule has 3 N–H and O–H groups in total. The maximum absolute atomic E-state index is 13.7. The number of hydrogen-bond acceptors (Lipinski definition) is 7. The summed E-state index contributed by atoms with van der Waals surface area (Å²) in [7, 11) is -3.48. The van der Waals surface area contributed by atoms with Gasteiger partial charge in [-0.05, 0) is 23.4 Å². The van der Waals surface area contributed by atoms with Gasteiger partial charge in [0.2, 0.25) is 15.8 Å². The van der Waals surface area contributed by atoms with E-state index in [-0.39, 0.29) is 22.8 Å². The second kappa shape index (κ2) is 6.19. The molecule has 0 aliphatic rings. The molecule has 0 amide bonds. The second-order valence-corrected chi connectivity index (χ2v) is 5.87. The summed E-state index contributed by atoms with van der Waals surface area (Å²) in [5, 5.41) is 24.3. The van der Waals surface area contributed by atoms with E-state index < -0.39 is 15.8 Å². The van der Waals surface area contributed by atoms with Gasteiger partial charge in [0.25, 0.3) is 0 Å². The number of nitriles is 1. The Morgan fingerprint density at radius 2 is 2.27 bits per heavy atom. The minimum Gasteiger partial charge on any atom is -0.358 e. The van der Waals surface area contributed by atoms with Crippen molar-refractivity contribution < 1.29 is 12.8 Å². The van der Waals surface area contributed by atoms with E-state index in [9.17, 15) is 12.8 Å². The van der Waals surface area contributed by atoms with Gasteiger partial charge in [0.1, 0.15) is 17.5 Å². The minimum atomic E-state index is -3.48. The first-order valence-corrected chi connectivity index (χ1v) is 7.66. The predicted molar refractivity (Wildman–Crippen MR) is 76.3 cm³/mol. The van der Waals surface area contributed by atoms with Crippen LogP contribution in [0.4, 0.5) is 15.8 Å². The van der Waals surface area contributed by atoms with Crippen LogP contribution in [-0.2, 0) is 10.0 Å². The molecule has 0 atom stereocenters. The summed E-state index contributed by atoms with van der Waals surface area (Å²) in [4.78, 5) is 0. The number of rotatable bonds is 5. The van der Waals surface area contributed by atoms with Crippen LogP contribution < -0.4 is 10.0 Å². The standard InChI is InChI=1S/C11H10FN7O2S/c1-22(20,21)17-8-2-3-9(12)10(4-8)14-6-7(5-13)11-15-18-19-16-11/h2-4,6,14,17H,1H3,(H,15,16,18,19). The number of hydrogen-bond donors (Lipinski definition) is 3. The van der Waals surface area contributed by atoms with Crippen LogP contribution in [0.25, 0.3) is 5.57 Å². The fourth-order valence-electron chi connectivity index (χ4n) is 1.49. The monoisotopic (exact) mass is 323 g/mol. The van der Waals surface area contributed by atoms with Gasteiger partial charge in [-0.3, -0.25) is 4.72 Å². The summed E-state index contributed by atoms with van der Waals surface area (Å²) in [6.45, 7) is 0. The molecule has 1 aromatic carbocycles. The summed E-state index contributed by atoms with van der Waals surface area (Å²) in [5.74, 6) is -0.582. The molecule has 0 aliphatic heterocycles. The van der Waals surface area contributed by atoms with Crippen molar-refractivity contribution in [3.05, 3.63) is 36.0 Å². The van der Waals surface area contributed by atoms with E-state index >= 15 is 0 Å². The number of nitrogens with one attached hydrogen (secondary N) is 3. The first-order chi connectivity index (χ1) is 10.4. The molecule has 0 saturated heterocycles. The third kappa shape index (κ3) is 4.00. The molecule has 11 heteroatoms. The Hall–Kier alpha value is -3.00. The van der Waals surface area contributed by atoms with Crippen LogP contribution in [0, 0.1) is 17.1 Å². The molecule has 114 valence electrons. The maximum Gasteiger partial charge on any atom is 0.229 e. The highest BCUT2D eigenvalue weighted by Crippen LogP contribution is 2.21. The summed E-state index contributed by atoms with van der Waals surface area (Å²) < 4.78 is 38.2. The molecule has 0 fully saturated rings. The summed E-state index contributed by atoms with van der Waals surface area (Å²) >= 11 is 0. The van der Waals surface area contributed by atoms with Crippen molar-refractivity contribution in [3.8, 4) is 6.07 Å². The van der Waals surface area contributed by atoms with Crippen LogP contribution in [0.3, 0.4) is 0 Å². The normalized spacial score (nSPS) is 11.8. The maximum atomic E-state index is 13.7. The van der Waals surface area contributed by atoms with E-state index in [1.807, 2.05) is 6.07 Å². The largest absolute Gasteiger partial charge is 0.358 e. The van der Waals surface area contributed by atoms with Crippen LogP contribution in [-0.4, -0.2) is 35.3 Å². The number of sulfonamides is 1. The molecule has 1 aromatic heterocycles. The highest BCUT2D eigenvalue weighted by atomic mass is 32.2. The molecule has 1 heterocycles. The molecule has 0 unspecified atom stereocenters. The molecule has 0 radical (unpaired) electrons. The Balaban J connectivity index is 2.26. The zero-order chi connectivity index (χ0) is 16.2. The van der Waals surface area contributed by atoms with Crippen LogP contribution in [0.1, 0.15) is 5.82 Å². The first-order valence-electron chi connectivity index (χ1n) is 5.77. The van der Waals surface area contributed by atoms with E-state index in [0.717, 1.165) is 12.3 Å². The van der Waals surface area contributed by atoms with Crippen LogP contribution >= 0.6 is 0 Å². The van der Waals surface area contributed by atoms with Gasteiger partial charge >= 0.3 is 0 Å². The van der Waals surface area contributed by atoms with Crippen molar-refractivity contribution in [3.63, 3.8) is 0 Å². The topological polar surface area (TPSA) is 136 Å². The van der Waals surface area contributed by atoms with Gasteiger partial charge in [0.05, 0.1) is 17.6 Å². The van der Waals surface area contributed by atoms with Crippen LogP contribution in [0.2, 0.25) is 0 Å². The van der Waals surface area contributed by atoms with E-state index in [4.69, 9.17) is 5.26 Å². The molecule has 22 heavy (non-hydrogen) atoms. The van der Waals surface area contributed by atoms with Crippen molar-refractivity contribution in [1.29, 1.82) is 5.26 Å². The third-order valence-corrected chi connectivity index (χ3v) is 2.95. The quantitative estimate of drug-likeness (QED) is 0.688. The van der Waals surface area contributed by atoms with Crippen molar-refractivity contribution in [1.82, 2.24) is 20.6 Å². The Bertz CT molecular complexity index is 840. The number of aromatic amines is 1. The predicted octanol–water partition coefficient (Wildman–Crippen LogP) is 0.687. The molecular formula is C11H10FN7O2S. The number of H-pyrrole nitrogens is 1. The van der Waals surface area contributed by atoms with Gasteiger partial charge < -0.3 is 5.32 Å². The zero-order valence-corrected chi connectivity index (χ0v) is 12.0.